The average Bonchev–Trinajstić information content (AvgIpc) is 2.23. The minimum atomic E-state index is -0.516. The predicted octanol–water partition coefficient (Wildman–Crippen LogP) is 2.67. The van der Waals surface area contributed by atoms with Crippen LogP contribution in [0.4, 0.5) is 0 Å². The number of hydrogen-bond donors (Lipinski definition) is 2. The van der Waals surface area contributed by atoms with Gasteiger partial charge in [-0.15, -0.1) is 0 Å². The van der Waals surface area contributed by atoms with Crippen LogP contribution in [0, 0.1) is 12.8 Å². The van der Waals surface area contributed by atoms with Gasteiger partial charge in [-0.05, 0) is 37.1 Å². The Labute approximate surface area is 96.1 Å². The number of benzene rings is 1. The standard InChI is InChI=1S/C12H18ClNO/c1-3-9(7-14)12(15)10-5-4-8(2)11(13)6-10/h4-6,9,12,15H,3,7,14H2,1-2H3. The minimum absolute atomic E-state index is 0.101. The van der Waals surface area contributed by atoms with E-state index in [1.165, 1.54) is 0 Å². The lowest BCUT2D eigenvalue weighted by Gasteiger charge is -2.20. The molecule has 0 bridgehead atoms. The largest absolute Gasteiger partial charge is 0.388 e. The van der Waals surface area contributed by atoms with Crippen molar-refractivity contribution in [1.82, 2.24) is 0 Å². The van der Waals surface area contributed by atoms with Crippen molar-refractivity contribution in [3.05, 3.63) is 34.3 Å². The maximum Gasteiger partial charge on any atom is 0.0830 e. The number of aliphatic hydroxyl groups excluding tert-OH is 1. The van der Waals surface area contributed by atoms with Crippen LogP contribution in [0.1, 0.15) is 30.6 Å². The molecule has 2 atom stereocenters. The summed E-state index contributed by atoms with van der Waals surface area (Å²) in [6.45, 7) is 4.46. The van der Waals surface area contributed by atoms with E-state index in [0.717, 1.165) is 17.5 Å². The Morgan fingerprint density at radius 1 is 1.47 bits per heavy atom. The Kier molecular flexibility index (Phi) is 4.58. The molecule has 0 heterocycles. The van der Waals surface area contributed by atoms with E-state index in [-0.39, 0.29) is 5.92 Å². The summed E-state index contributed by atoms with van der Waals surface area (Å²) in [6, 6.07) is 5.65. The molecule has 2 unspecified atom stereocenters. The molecule has 0 saturated carbocycles. The molecule has 0 aliphatic heterocycles. The molecule has 3 heteroatoms. The minimum Gasteiger partial charge on any atom is -0.388 e. The Balaban J connectivity index is 2.90. The molecular formula is C12H18ClNO. The first-order valence-corrected chi connectivity index (χ1v) is 5.62. The van der Waals surface area contributed by atoms with Gasteiger partial charge in [0.15, 0.2) is 0 Å². The van der Waals surface area contributed by atoms with Gasteiger partial charge >= 0.3 is 0 Å². The number of aryl methyl sites for hydroxylation is 1. The maximum absolute atomic E-state index is 10.1. The van der Waals surface area contributed by atoms with Gasteiger partial charge in [-0.2, -0.15) is 0 Å². The second kappa shape index (κ2) is 5.50. The predicted molar refractivity (Wildman–Crippen MR) is 64.0 cm³/mol. The number of hydrogen-bond acceptors (Lipinski definition) is 2. The number of aliphatic hydroxyl groups is 1. The Bertz CT molecular complexity index is 323. The molecule has 1 aromatic rings. The van der Waals surface area contributed by atoms with E-state index in [0.29, 0.717) is 11.6 Å². The molecular weight excluding hydrogens is 210 g/mol. The molecule has 2 nitrogen and oxygen atoms in total. The van der Waals surface area contributed by atoms with E-state index in [1.54, 1.807) is 0 Å². The van der Waals surface area contributed by atoms with Gasteiger partial charge in [-0.3, -0.25) is 0 Å². The van der Waals surface area contributed by atoms with Gasteiger partial charge in [-0.1, -0.05) is 30.7 Å². The summed E-state index contributed by atoms with van der Waals surface area (Å²) in [4.78, 5) is 0. The zero-order valence-electron chi connectivity index (χ0n) is 9.20. The molecule has 0 aliphatic carbocycles. The maximum atomic E-state index is 10.1. The topological polar surface area (TPSA) is 46.2 Å². The lowest BCUT2D eigenvalue weighted by Crippen LogP contribution is -2.21. The molecule has 0 aliphatic rings. The molecule has 0 spiro atoms. The highest BCUT2D eigenvalue weighted by Gasteiger charge is 2.18. The molecule has 1 aromatic carbocycles. The third-order valence-electron chi connectivity index (χ3n) is 2.81. The molecule has 0 aromatic heterocycles. The highest BCUT2D eigenvalue weighted by atomic mass is 35.5. The second-order valence-electron chi connectivity index (χ2n) is 3.86. The molecule has 3 N–H and O–H groups in total. The Hall–Kier alpha value is -0.570. The summed E-state index contributed by atoms with van der Waals surface area (Å²) in [6.07, 6.45) is 0.349. The van der Waals surface area contributed by atoms with Crippen LogP contribution < -0.4 is 5.73 Å². The first-order chi connectivity index (χ1) is 7.10. The van der Waals surface area contributed by atoms with Crippen molar-refractivity contribution in [3.63, 3.8) is 0 Å². The molecule has 15 heavy (non-hydrogen) atoms. The highest BCUT2D eigenvalue weighted by Crippen LogP contribution is 2.27. The van der Waals surface area contributed by atoms with E-state index >= 15 is 0 Å². The summed E-state index contributed by atoms with van der Waals surface area (Å²) < 4.78 is 0. The third kappa shape index (κ3) is 2.94. The lowest BCUT2D eigenvalue weighted by atomic mass is 9.93. The van der Waals surface area contributed by atoms with E-state index in [4.69, 9.17) is 17.3 Å². The van der Waals surface area contributed by atoms with Crippen molar-refractivity contribution < 1.29 is 5.11 Å². The Morgan fingerprint density at radius 2 is 2.13 bits per heavy atom. The van der Waals surface area contributed by atoms with Crippen LogP contribution in [-0.4, -0.2) is 11.7 Å². The van der Waals surface area contributed by atoms with E-state index in [1.807, 2.05) is 32.0 Å². The van der Waals surface area contributed by atoms with E-state index in [2.05, 4.69) is 0 Å². The van der Waals surface area contributed by atoms with Crippen LogP contribution in [0.2, 0.25) is 5.02 Å². The summed E-state index contributed by atoms with van der Waals surface area (Å²) in [5, 5.41) is 10.7. The van der Waals surface area contributed by atoms with Crippen molar-refractivity contribution in [2.75, 3.05) is 6.54 Å². The van der Waals surface area contributed by atoms with Crippen LogP contribution in [-0.2, 0) is 0 Å². The van der Waals surface area contributed by atoms with Crippen LogP contribution in [0.25, 0.3) is 0 Å². The molecule has 0 amide bonds. The molecule has 1 rings (SSSR count). The fourth-order valence-electron chi connectivity index (χ4n) is 1.58. The van der Waals surface area contributed by atoms with Gasteiger partial charge in [0, 0.05) is 10.9 Å². The van der Waals surface area contributed by atoms with Crippen LogP contribution in [0.15, 0.2) is 18.2 Å². The SMILES string of the molecule is CCC(CN)C(O)c1ccc(C)c(Cl)c1. The smallest absolute Gasteiger partial charge is 0.0830 e. The fraction of sp³-hybridized carbons (Fsp3) is 0.500. The zero-order valence-corrected chi connectivity index (χ0v) is 9.96. The number of halogens is 1. The molecule has 84 valence electrons. The van der Waals surface area contributed by atoms with Gasteiger partial charge in [0.1, 0.15) is 0 Å². The normalized spacial score (nSPS) is 15.0. The van der Waals surface area contributed by atoms with E-state index in [9.17, 15) is 5.11 Å². The van der Waals surface area contributed by atoms with Gasteiger partial charge in [0.05, 0.1) is 6.10 Å². The molecule has 0 saturated heterocycles. The van der Waals surface area contributed by atoms with Crippen molar-refractivity contribution in [1.29, 1.82) is 0 Å². The first kappa shape index (κ1) is 12.5. The van der Waals surface area contributed by atoms with E-state index < -0.39 is 6.10 Å². The summed E-state index contributed by atoms with van der Waals surface area (Å²) in [7, 11) is 0. The van der Waals surface area contributed by atoms with Crippen LogP contribution in [0.5, 0.6) is 0 Å². The van der Waals surface area contributed by atoms with Gasteiger partial charge in [0.25, 0.3) is 0 Å². The molecule has 0 fully saturated rings. The quantitative estimate of drug-likeness (QED) is 0.831. The Morgan fingerprint density at radius 3 is 2.60 bits per heavy atom. The lowest BCUT2D eigenvalue weighted by molar-refractivity contribution is 0.110. The zero-order chi connectivity index (χ0) is 11.4. The van der Waals surface area contributed by atoms with Crippen molar-refractivity contribution in [2.45, 2.75) is 26.4 Å². The van der Waals surface area contributed by atoms with Crippen molar-refractivity contribution in [3.8, 4) is 0 Å². The average molecular weight is 228 g/mol. The van der Waals surface area contributed by atoms with Crippen molar-refractivity contribution in [2.24, 2.45) is 11.7 Å². The highest BCUT2D eigenvalue weighted by molar-refractivity contribution is 6.31. The monoisotopic (exact) mass is 227 g/mol. The van der Waals surface area contributed by atoms with Gasteiger partial charge in [-0.25, -0.2) is 0 Å². The van der Waals surface area contributed by atoms with Crippen LogP contribution >= 0.6 is 11.6 Å². The number of nitrogens with two attached hydrogens (primary N) is 1. The van der Waals surface area contributed by atoms with Gasteiger partial charge < -0.3 is 10.8 Å². The summed E-state index contributed by atoms with van der Waals surface area (Å²) in [5.41, 5.74) is 7.47. The number of rotatable bonds is 4. The second-order valence-corrected chi connectivity index (χ2v) is 4.26. The summed E-state index contributed by atoms with van der Waals surface area (Å²) >= 11 is 6.01. The molecule has 0 radical (unpaired) electrons. The fourth-order valence-corrected chi connectivity index (χ4v) is 1.77. The third-order valence-corrected chi connectivity index (χ3v) is 3.22. The summed E-state index contributed by atoms with van der Waals surface area (Å²) in [5.74, 6) is 0.101. The van der Waals surface area contributed by atoms with Gasteiger partial charge in [0.2, 0.25) is 0 Å². The van der Waals surface area contributed by atoms with Crippen molar-refractivity contribution >= 4 is 11.6 Å². The first-order valence-electron chi connectivity index (χ1n) is 5.24. The van der Waals surface area contributed by atoms with Crippen LogP contribution in [0.3, 0.4) is 0 Å².